The van der Waals surface area contributed by atoms with Crippen LogP contribution in [-0.4, -0.2) is 21.2 Å². The Kier molecular flexibility index (Phi) is 11.2. The van der Waals surface area contributed by atoms with E-state index in [4.69, 9.17) is 4.74 Å². The highest BCUT2D eigenvalue weighted by atomic mass is 79.9. The molecule has 0 aliphatic heterocycles. The van der Waals surface area contributed by atoms with Crippen LogP contribution >= 0.6 is 31.9 Å². The maximum absolute atomic E-state index is 12.6. The number of rotatable bonds is 13. The molecule has 0 radical (unpaired) electrons. The summed E-state index contributed by atoms with van der Waals surface area (Å²) in [4.78, 5) is 13.1. The van der Waals surface area contributed by atoms with Gasteiger partial charge in [0.2, 0.25) is 0 Å². The number of carbonyl (C=O) groups is 1. The lowest BCUT2D eigenvalue weighted by Crippen LogP contribution is -2.64. The van der Waals surface area contributed by atoms with E-state index in [1.54, 1.807) is 0 Å². The Labute approximate surface area is 252 Å². The molecule has 0 aromatic carbocycles. The quantitative estimate of drug-likeness (QED) is 0.112. The molecule has 0 aromatic heterocycles. The van der Waals surface area contributed by atoms with Gasteiger partial charge in [-0.15, -0.1) is 0 Å². The van der Waals surface area contributed by atoms with Crippen LogP contribution in [0.15, 0.2) is 0 Å². The standard InChI is InChI=1S/C34H58Br2O2/c1-5-7-9-11-12-13-15-25-17-18-28-27-23-30(35)34(36)24-26(38-31(37)16-14-10-8-6-2)19-22-33(34,4)29(27)20-21-32(25,28)3/h25-30H,5-24H2,1-4H3/t25-,26-,27+,28+,29+,30-,32+,33+,34-/m0/s1. The van der Waals surface area contributed by atoms with Crippen LogP contribution in [0.4, 0.5) is 0 Å². The van der Waals surface area contributed by atoms with Gasteiger partial charge >= 0.3 is 5.97 Å². The van der Waals surface area contributed by atoms with Gasteiger partial charge in [-0.25, -0.2) is 0 Å². The van der Waals surface area contributed by atoms with Gasteiger partial charge in [0, 0.05) is 22.0 Å². The molecule has 0 N–H and O–H groups in total. The van der Waals surface area contributed by atoms with E-state index in [9.17, 15) is 4.79 Å². The summed E-state index contributed by atoms with van der Waals surface area (Å²) in [5, 5.41) is 0. The first-order chi connectivity index (χ1) is 18.2. The number of alkyl halides is 2. The third kappa shape index (κ3) is 6.27. The molecular formula is C34H58Br2O2. The SMILES string of the molecule is CCCCCCCC[C@H]1CC[C@@H]2[C@H]3C[C@H](Br)[C@@]4(Br)C[C@@H](OC(=O)CCCCCC)CC[C@]4(C)[C@@H]3CC[C@]12C. The molecule has 38 heavy (non-hydrogen) atoms. The number of hydrogen-bond acceptors (Lipinski definition) is 2. The van der Waals surface area contributed by atoms with Crippen molar-refractivity contribution in [1.82, 2.24) is 0 Å². The van der Waals surface area contributed by atoms with Gasteiger partial charge < -0.3 is 4.74 Å². The molecule has 0 heterocycles. The Hall–Kier alpha value is 0.430. The normalized spacial score (nSPS) is 42.3. The summed E-state index contributed by atoms with van der Waals surface area (Å²) in [6.45, 7) is 9.82. The van der Waals surface area contributed by atoms with E-state index in [0.29, 0.717) is 16.7 Å². The topological polar surface area (TPSA) is 26.3 Å². The number of carbonyl (C=O) groups excluding carboxylic acids is 1. The Morgan fingerprint density at radius 1 is 0.842 bits per heavy atom. The van der Waals surface area contributed by atoms with Crippen molar-refractivity contribution in [3.8, 4) is 0 Å². The van der Waals surface area contributed by atoms with E-state index >= 15 is 0 Å². The number of halogens is 2. The first-order valence-corrected chi connectivity index (χ1v) is 18.4. The Morgan fingerprint density at radius 3 is 2.26 bits per heavy atom. The molecule has 4 saturated carbocycles. The molecule has 4 fully saturated rings. The second kappa shape index (κ2) is 13.6. The van der Waals surface area contributed by atoms with Gasteiger partial charge in [-0.1, -0.05) is 117 Å². The highest BCUT2D eigenvalue weighted by Gasteiger charge is 2.66. The summed E-state index contributed by atoms with van der Waals surface area (Å²) < 4.78 is 6.12. The monoisotopic (exact) mass is 656 g/mol. The predicted molar refractivity (Wildman–Crippen MR) is 168 cm³/mol. The van der Waals surface area contributed by atoms with Crippen molar-refractivity contribution in [3.63, 3.8) is 0 Å². The summed E-state index contributed by atoms with van der Waals surface area (Å²) in [5.41, 5.74) is 0.831. The molecule has 4 heteroatoms. The zero-order valence-corrected chi connectivity index (χ0v) is 28.4. The first-order valence-electron chi connectivity index (χ1n) is 16.7. The molecule has 0 spiro atoms. The minimum atomic E-state index is 0.0246. The van der Waals surface area contributed by atoms with Crippen molar-refractivity contribution in [3.05, 3.63) is 0 Å². The third-order valence-electron chi connectivity index (χ3n) is 12.3. The number of unbranched alkanes of at least 4 members (excludes halogenated alkanes) is 8. The van der Waals surface area contributed by atoms with Crippen molar-refractivity contribution in [2.24, 2.45) is 34.5 Å². The molecule has 2 nitrogen and oxygen atoms in total. The van der Waals surface area contributed by atoms with Gasteiger partial charge in [0.1, 0.15) is 6.10 Å². The lowest BCUT2D eigenvalue weighted by molar-refractivity contribution is -0.157. The molecule has 0 unspecified atom stereocenters. The average molecular weight is 659 g/mol. The molecule has 4 aliphatic carbocycles. The maximum Gasteiger partial charge on any atom is 0.306 e. The van der Waals surface area contributed by atoms with Gasteiger partial charge in [0.25, 0.3) is 0 Å². The molecule has 9 atom stereocenters. The fourth-order valence-corrected chi connectivity index (χ4v) is 12.1. The van der Waals surface area contributed by atoms with Crippen LogP contribution in [0.1, 0.15) is 156 Å². The van der Waals surface area contributed by atoms with E-state index in [1.807, 2.05) is 0 Å². The van der Waals surface area contributed by atoms with E-state index in [-0.39, 0.29) is 21.8 Å². The van der Waals surface area contributed by atoms with Crippen LogP contribution in [0.5, 0.6) is 0 Å². The fraction of sp³-hybridized carbons (Fsp3) is 0.971. The van der Waals surface area contributed by atoms with Crippen molar-refractivity contribution in [1.29, 1.82) is 0 Å². The number of fused-ring (bicyclic) bond motifs is 5. The van der Waals surface area contributed by atoms with E-state index < -0.39 is 0 Å². The number of hydrogen-bond donors (Lipinski definition) is 0. The Bertz CT molecular complexity index is 772. The number of esters is 1. The summed E-state index contributed by atoms with van der Waals surface area (Å²) in [7, 11) is 0. The van der Waals surface area contributed by atoms with Crippen LogP contribution in [-0.2, 0) is 9.53 Å². The second-order valence-corrected chi connectivity index (χ2v) is 16.9. The lowest BCUT2D eigenvalue weighted by atomic mass is 9.44. The van der Waals surface area contributed by atoms with Gasteiger partial charge in [-0.05, 0) is 92.3 Å². The van der Waals surface area contributed by atoms with Crippen molar-refractivity contribution in [2.75, 3.05) is 0 Å². The molecular weight excluding hydrogens is 600 g/mol. The van der Waals surface area contributed by atoms with Gasteiger partial charge in [-0.2, -0.15) is 0 Å². The van der Waals surface area contributed by atoms with Crippen LogP contribution in [0.3, 0.4) is 0 Å². The molecule has 0 aromatic rings. The molecule has 0 saturated heterocycles. The molecule has 0 amide bonds. The molecule has 0 bridgehead atoms. The van der Waals surface area contributed by atoms with Crippen molar-refractivity contribution in [2.45, 2.75) is 171 Å². The zero-order valence-electron chi connectivity index (χ0n) is 25.2. The smallest absolute Gasteiger partial charge is 0.306 e. The van der Waals surface area contributed by atoms with Gasteiger partial charge in [-0.3, -0.25) is 4.79 Å². The molecule has 4 aliphatic rings. The highest BCUT2D eigenvalue weighted by Crippen LogP contribution is 2.71. The average Bonchev–Trinajstić information content (AvgIpc) is 3.22. The largest absolute Gasteiger partial charge is 0.462 e. The van der Waals surface area contributed by atoms with Crippen LogP contribution in [0.2, 0.25) is 0 Å². The minimum absolute atomic E-state index is 0.0246. The Morgan fingerprint density at radius 2 is 1.53 bits per heavy atom. The predicted octanol–water partition coefficient (Wildman–Crippen LogP) is 11.2. The van der Waals surface area contributed by atoms with Gasteiger partial charge in [0.15, 0.2) is 0 Å². The third-order valence-corrected chi connectivity index (χ3v) is 15.9. The molecule has 4 rings (SSSR count). The van der Waals surface area contributed by atoms with E-state index in [1.165, 1.54) is 96.3 Å². The zero-order chi connectivity index (χ0) is 27.4. The summed E-state index contributed by atoms with van der Waals surface area (Å²) >= 11 is 8.63. The second-order valence-electron chi connectivity index (χ2n) is 14.4. The van der Waals surface area contributed by atoms with Crippen molar-refractivity contribution < 1.29 is 9.53 Å². The minimum Gasteiger partial charge on any atom is -0.462 e. The summed E-state index contributed by atoms with van der Waals surface area (Å²) in [5.74, 6) is 3.53. The van der Waals surface area contributed by atoms with E-state index in [2.05, 4.69) is 59.6 Å². The fourth-order valence-electron chi connectivity index (χ4n) is 9.94. The number of ether oxygens (including phenoxy) is 1. The van der Waals surface area contributed by atoms with E-state index in [0.717, 1.165) is 49.4 Å². The van der Waals surface area contributed by atoms with Gasteiger partial charge in [0.05, 0.1) is 0 Å². The Balaban J connectivity index is 1.36. The van der Waals surface area contributed by atoms with Crippen LogP contribution in [0.25, 0.3) is 0 Å². The molecule has 220 valence electrons. The highest BCUT2D eigenvalue weighted by molar-refractivity contribution is 9.12. The maximum atomic E-state index is 12.6. The van der Waals surface area contributed by atoms with Crippen LogP contribution < -0.4 is 0 Å². The first kappa shape index (κ1) is 31.4. The lowest BCUT2D eigenvalue weighted by Gasteiger charge is -2.65. The van der Waals surface area contributed by atoms with Crippen molar-refractivity contribution >= 4 is 37.8 Å². The summed E-state index contributed by atoms with van der Waals surface area (Å²) in [6.07, 6.45) is 25.4. The summed E-state index contributed by atoms with van der Waals surface area (Å²) in [6, 6.07) is 0. The van der Waals surface area contributed by atoms with Crippen LogP contribution in [0, 0.1) is 34.5 Å².